The van der Waals surface area contributed by atoms with Crippen LogP contribution >= 0.6 is 0 Å². The van der Waals surface area contributed by atoms with Crippen LogP contribution in [0, 0.1) is 32.7 Å². The third kappa shape index (κ3) is 9.56. The van der Waals surface area contributed by atoms with Crippen LogP contribution in [-0.4, -0.2) is 80.0 Å². The van der Waals surface area contributed by atoms with Gasteiger partial charge in [-0.05, 0) is 115 Å². The van der Waals surface area contributed by atoms with E-state index in [0.717, 1.165) is 82.7 Å². The van der Waals surface area contributed by atoms with Crippen molar-refractivity contribution in [3.63, 3.8) is 0 Å². The van der Waals surface area contributed by atoms with Gasteiger partial charge in [-0.15, -0.1) is 0 Å². The van der Waals surface area contributed by atoms with E-state index in [1.54, 1.807) is 12.1 Å². The Morgan fingerprint density at radius 2 is 1.73 bits per heavy atom. The summed E-state index contributed by atoms with van der Waals surface area (Å²) < 4.78 is 56.5. The van der Waals surface area contributed by atoms with Crippen molar-refractivity contribution in [3.8, 4) is 17.4 Å². The molecule has 4 fully saturated rings. The Hall–Kier alpha value is -5.74. The van der Waals surface area contributed by atoms with Gasteiger partial charge in [0.05, 0.1) is 27.9 Å². The lowest BCUT2D eigenvalue weighted by Gasteiger charge is -2.57. The molecule has 1 amide bonds. The van der Waals surface area contributed by atoms with E-state index in [0.29, 0.717) is 30.3 Å². The number of rotatable bonds is 14. The molecule has 16 heteroatoms. The summed E-state index contributed by atoms with van der Waals surface area (Å²) >= 11 is 0. The minimum atomic E-state index is -4.63. The van der Waals surface area contributed by atoms with Gasteiger partial charge in [-0.3, -0.25) is 19.8 Å². The number of pyridine rings is 1. The van der Waals surface area contributed by atoms with E-state index in [9.17, 15) is 27.7 Å². The average molecular weight is 936 g/mol. The van der Waals surface area contributed by atoms with Crippen molar-refractivity contribution in [1.29, 1.82) is 0 Å². The van der Waals surface area contributed by atoms with E-state index in [1.807, 2.05) is 0 Å². The number of nitrogens with zero attached hydrogens (tertiary/aromatic N) is 4. The zero-order valence-corrected chi connectivity index (χ0v) is 39.9. The Kier molecular flexibility index (Phi) is 12.7. The van der Waals surface area contributed by atoms with E-state index < -0.39 is 37.3 Å². The number of carbonyl (C=O) groups is 1. The zero-order valence-electron chi connectivity index (χ0n) is 39.1. The summed E-state index contributed by atoms with van der Waals surface area (Å²) in [5.74, 6) is -0.216. The largest absolute Gasteiger partial charge is 0.478 e. The molecule has 3 aromatic carbocycles. The van der Waals surface area contributed by atoms with E-state index in [4.69, 9.17) is 9.47 Å². The number of piperidine rings is 1. The predicted octanol–water partition coefficient (Wildman–Crippen LogP) is 10.5. The van der Waals surface area contributed by atoms with Gasteiger partial charge >= 0.3 is 0 Å². The summed E-state index contributed by atoms with van der Waals surface area (Å²) in [7, 11) is -3.24. The van der Waals surface area contributed by atoms with Gasteiger partial charge in [0.15, 0.2) is 5.75 Å². The second-order valence-corrected chi connectivity index (χ2v) is 22.1. The molecule has 0 bridgehead atoms. The highest BCUT2D eigenvalue weighted by Crippen LogP contribution is 2.49. The van der Waals surface area contributed by atoms with Crippen LogP contribution in [-0.2, 0) is 10.0 Å². The summed E-state index contributed by atoms with van der Waals surface area (Å²) in [6.07, 6.45) is 10.9. The smallest absolute Gasteiger partial charge is 0.293 e. The number of ether oxygens (including phenoxy) is 2. The van der Waals surface area contributed by atoms with Gasteiger partial charge in [-0.2, -0.15) is 4.98 Å². The lowest BCUT2D eigenvalue weighted by molar-refractivity contribution is -0.384. The molecular formula is C51H62FN7O7S. The van der Waals surface area contributed by atoms with Crippen LogP contribution in [0.3, 0.4) is 0 Å². The molecule has 2 saturated heterocycles. The number of carbonyl (C=O) groups excluding carboxylic acids is 1. The first-order valence-electron chi connectivity index (χ1n) is 23.7. The number of sulfonamides is 1. The first kappa shape index (κ1) is 46.4. The van der Waals surface area contributed by atoms with Crippen LogP contribution < -0.4 is 24.4 Å². The minimum Gasteiger partial charge on any atom is -0.478 e. The van der Waals surface area contributed by atoms with Crippen molar-refractivity contribution in [1.82, 2.24) is 19.6 Å². The number of methoxy groups -OCH3 is 1. The van der Waals surface area contributed by atoms with E-state index in [2.05, 4.69) is 81.8 Å². The van der Waals surface area contributed by atoms with Gasteiger partial charge in [-0.1, -0.05) is 58.4 Å². The second-order valence-electron chi connectivity index (χ2n) is 20.5. The quantitative estimate of drug-likeness (QED) is 0.0715. The molecule has 2 aliphatic heterocycles. The van der Waals surface area contributed by atoms with Crippen LogP contribution in [0.5, 0.6) is 17.4 Å². The summed E-state index contributed by atoms with van der Waals surface area (Å²) in [6, 6.07) is 19.4. The molecule has 0 unspecified atom stereocenters. The van der Waals surface area contributed by atoms with Crippen LogP contribution in [0.1, 0.15) is 119 Å². The van der Waals surface area contributed by atoms with Crippen molar-refractivity contribution in [2.75, 3.05) is 50.1 Å². The molecule has 3 N–H and O–H groups in total. The van der Waals surface area contributed by atoms with Gasteiger partial charge < -0.3 is 24.7 Å². The molecule has 0 radical (unpaired) electrons. The molecule has 4 aliphatic rings. The summed E-state index contributed by atoms with van der Waals surface area (Å²) in [5, 5.41) is 15.5. The fraction of sp³-hybridized carbons (Fsp3) is 0.490. The van der Waals surface area contributed by atoms with Crippen LogP contribution in [0.4, 0.5) is 21.5 Å². The first-order valence-corrected chi connectivity index (χ1v) is 25.2. The molecule has 5 aromatic rings. The Balaban J connectivity index is 0.927. The first-order chi connectivity index (χ1) is 32.0. The monoisotopic (exact) mass is 935 g/mol. The number of hydrogen-bond donors (Lipinski definition) is 3. The minimum absolute atomic E-state index is 0.00611. The number of nitro benzene ring substituents is 1. The average Bonchev–Trinajstić information content (AvgIpc) is 3.93. The lowest BCUT2D eigenvalue weighted by Crippen LogP contribution is -2.63. The number of nitrogens with one attached hydrogen (secondary N) is 3. The molecular weight excluding hydrogens is 874 g/mol. The maximum Gasteiger partial charge on any atom is 0.293 e. The number of nitro groups is 1. The number of hydrogen-bond acceptors (Lipinski definition) is 11. The summed E-state index contributed by atoms with van der Waals surface area (Å²) in [6.45, 7) is 13.2. The van der Waals surface area contributed by atoms with Crippen LogP contribution in [0.25, 0.3) is 11.0 Å². The molecule has 2 atom stereocenters. The van der Waals surface area contributed by atoms with Crippen molar-refractivity contribution in [2.45, 2.75) is 108 Å². The Bertz CT molecular complexity index is 2770. The number of fused-ring (bicyclic) bond motifs is 1. The maximum atomic E-state index is 14.8. The molecule has 2 aliphatic carbocycles. The molecule has 2 aromatic heterocycles. The Morgan fingerprint density at radius 1 is 0.985 bits per heavy atom. The highest BCUT2D eigenvalue weighted by atomic mass is 32.2. The molecule has 9 rings (SSSR count). The van der Waals surface area contributed by atoms with Crippen LogP contribution in [0.15, 0.2) is 77.8 Å². The fourth-order valence-corrected chi connectivity index (χ4v) is 12.1. The van der Waals surface area contributed by atoms with Crippen molar-refractivity contribution in [2.24, 2.45) is 16.7 Å². The van der Waals surface area contributed by atoms with E-state index in [1.165, 1.54) is 61.8 Å². The molecule has 14 nitrogen and oxygen atoms in total. The molecule has 1 spiro atoms. The third-order valence-electron chi connectivity index (χ3n) is 15.1. The Labute approximate surface area is 392 Å². The summed E-state index contributed by atoms with van der Waals surface area (Å²) in [5.41, 5.74) is 4.10. The second kappa shape index (κ2) is 18.4. The molecule has 67 heavy (non-hydrogen) atoms. The fourth-order valence-electron chi connectivity index (χ4n) is 11.1. The number of benzene rings is 3. The van der Waals surface area contributed by atoms with Crippen molar-refractivity contribution < 1.29 is 32.0 Å². The number of halogens is 1. The topological polar surface area (TPSA) is 172 Å². The number of H-pyrrole nitrogens is 1. The predicted molar refractivity (Wildman–Crippen MR) is 257 cm³/mol. The molecule has 356 valence electrons. The van der Waals surface area contributed by atoms with Gasteiger partial charge in [0.25, 0.3) is 27.5 Å². The normalized spacial score (nSPS) is 20.8. The molecule has 4 heterocycles. The van der Waals surface area contributed by atoms with Crippen molar-refractivity contribution in [3.05, 3.63) is 106 Å². The van der Waals surface area contributed by atoms with Gasteiger partial charge in [0, 0.05) is 68.8 Å². The van der Waals surface area contributed by atoms with Gasteiger partial charge in [0.1, 0.15) is 22.9 Å². The highest BCUT2D eigenvalue weighted by molar-refractivity contribution is 7.90. The van der Waals surface area contributed by atoms with Gasteiger partial charge in [0.2, 0.25) is 0 Å². The highest BCUT2D eigenvalue weighted by Gasteiger charge is 2.49. The zero-order chi connectivity index (χ0) is 47.3. The number of anilines is 2. The van der Waals surface area contributed by atoms with Crippen molar-refractivity contribution >= 4 is 44.0 Å². The van der Waals surface area contributed by atoms with Gasteiger partial charge in [-0.25, -0.2) is 17.5 Å². The van der Waals surface area contributed by atoms with E-state index >= 15 is 0 Å². The number of aromatic nitrogens is 2. The SMILES string of the molecule is COc1nc2[nH]cc(F)c2cc1Oc1cc(N2CCC3(CC2)CN([C@@H]2CCC[C@@H]2c2ccccc2C(C)C)C3)ccc1C(=O)NS(=O)(=O)c1ccc(NCC2CCC(C)(C)CC2)c([N+](=O)[O-])c1. The maximum absolute atomic E-state index is 14.8. The summed E-state index contributed by atoms with van der Waals surface area (Å²) in [4.78, 5) is 37.3. The standard InChI is InChI=1S/C51H62FN7O7S/c1-32(2)36-9-6-7-10-37(36)38-11-8-12-43(38)58-30-51(31-58)21-23-57(24-22-51)34-13-15-39(45(25-34)66-46-27-40-41(52)29-54-47(40)55-49(46)65-5)48(60)56-67(63,64)35-14-16-42(44(26-35)59(61)62)53-28-33-17-19-50(3,4)20-18-33/h6-7,9-10,13-16,25-27,29,32-33,38,43,53H,8,11-12,17-24,28,30-31H2,1-5H3,(H,54,55)(H,56,60)/t38-,43-/m1/s1. The number of aromatic amines is 1. The Morgan fingerprint density at radius 3 is 2.45 bits per heavy atom. The lowest BCUT2D eigenvalue weighted by atomic mass is 9.70. The van der Waals surface area contributed by atoms with Crippen LogP contribution in [0.2, 0.25) is 0 Å². The number of amides is 1. The molecule has 2 saturated carbocycles. The third-order valence-corrected chi connectivity index (χ3v) is 16.5. The van der Waals surface area contributed by atoms with E-state index in [-0.39, 0.29) is 50.5 Å². The number of likely N-dealkylation sites (tertiary alicyclic amines) is 1.